The van der Waals surface area contributed by atoms with Crippen LogP contribution in [0.1, 0.15) is 11.1 Å². The van der Waals surface area contributed by atoms with Crippen LogP contribution in [0.15, 0.2) is 60.9 Å². The monoisotopic (exact) mass is 401 g/mol. The van der Waals surface area contributed by atoms with Crippen molar-refractivity contribution < 1.29 is 9.47 Å². The predicted molar refractivity (Wildman–Crippen MR) is 119 cm³/mol. The zero-order valence-corrected chi connectivity index (χ0v) is 17.1. The molecule has 2 N–H and O–H groups in total. The number of pyridine rings is 1. The molecular weight excluding hydrogens is 378 g/mol. The van der Waals surface area contributed by atoms with Crippen molar-refractivity contribution >= 4 is 28.4 Å². The van der Waals surface area contributed by atoms with Gasteiger partial charge in [-0.3, -0.25) is 0 Å². The molecular formula is C23H23N5O2. The van der Waals surface area contributed by atoms with E-state index in [9.17, 15) is 0 Å². The number of rotatable bonds is 7. The molecule has 2 aromatic heterocycles. The highest BCUT2D eigenvalue weighted by Crippen LogP contribution is 2.32. The van der Waals surface area contributed by atoms with E-state index in [1.807, 2.05) is 36.4 Å². The van der Waals surface area contributed by atoms with E-state index in [1.54, 1.807) is 26.6 Å². The molecule has 0 bridgehead atoms. The molecule has 0 atom stereocenters. The Kier molecular flexibility index (Phi) is 5.61. The molecule has 0 amide bonds. The van der Waals surface area contributed by atoms with Crippen LogP contribution in [0.3, 0.4) is 0 Å². The second kappa shape index (κ2) is 8.65. The Morgan fingerprint density at radius 1 is 0.933 bits per heavy atom. The molecule has 0 aliphatic rings. The molecule has 0 saturated carbocycles. The zero-order chi connectivity index (χ0) is 20.9. The number of nitrogens with one attached hydrogen (secondary N) is 2. The molecule has 30 heavy (non-hydrogen) atoms. The molecule has 0 aliphatic carbocycles. The van der Waals surface area contributed by atoms with Crippen molar-refractivity contribution in [3.8, 4) is 11.5 Å². The Morgan fingerprint density at radius 3 is 2.57 bits per heavy atom. The molecule has 7 nitrogen and oxygen atoms in total. The van der Waals surface area contributed by atoms with Gasteiger partial charge in [-0.1, -0.05) is 24.3 Å². The van der Waals surface area contributed by atoms with Crippen molar-refractivity contribution in [1.29, 1.82) is 0 Å². The average molecular weight is 401 g/mol. The first kappa shape index (κ1) is 19.4. The molecule has 0 fully saturated rings. The fourth-order valence-corrected chi connectivity index (χ4v) is 3.17. The van der Waals surface area contributed by atoms with Crippen molar-refractivity contribution in [2.75, 3.05) is 24.9 Å². The van der Waals surface area contributed by atoms with E-state index < -0.39 is 0 Å². The Hall–Kier alpha value is -3.87. The van der Waals surface area contributed by atoms with Crippen LogP contribution >= 0.6 is 0 Å². The van der Waals surface area contributed by atoms with Crippen molar-refractivity contribution in [3.63, 3.8) is 0 Å². The largest absolute Gasteiger partial charge is 0.493 e. The number of anilines is 3. The Morgan fingerprint density at radius 2 is 1.77 bits per heavy atom. The third-order valence-electron chi connectivity index (χ3n) is 4.85. The Labute approximate surface area is 175 Å². The lowest BCUT2D eigenvalue weighted by molar-refractivity contribution is 0.355. The fraction of sp³-hybridized carbons (Fsp3) is 0.174. The molecule has 0 aliphatic heterocycles. The summed E-state index contributed by atoms with van der Waals surface area (Å²) in [6, 6.07) is 15.7. The second-order valence-electron chi connectivity index (χ2n) is 6.76. The van der Waals surface area contributed by atoms with Crippen LogP contribution in [0.2, 0.25) is 0 Å². The lowest BCUT2D eigenvalue weighted by atomic mass is 10.1. The van der Waals surface area contributed by atoms with Crippen LogP contribution in [0.25, 0.3) is 10.9 Å². The fourth-order valence-electron chi connectivity index (χ4n) is 3.17. The molecule has 0 saturated heterocycles. The van der Waals surface area contributed by atoms with Crippen molar-refractivity contribution in [2.45, 2.75) is 13.5 Å². The number of nitrogens with zero attached hydrogens (tertiary/aromatic N) is 3. The van der Waals surface area contributed by atoms with E-state index in [0.717, 1.165) is 16.6 Å². The van der Waals surface area contributed by atoms with E-state index in [0.29, 0.717) is 29.8 Å². The number of benzene rings is 2. The highest BCUT2D eigenvalue weighted by atomic mass is 16.5. The number of methoxy groups -OCH3 is 2. The standard InChI is InChI=1S/C23H23N5O2/c1-15-6-4-5-7-16(15)13-25-23-26-14-18-19(28-23)10-11-24-22(18)27-17-8-9-20(29-2)21(12-17)30-3/h4-12,14H,13H2,1-3H3,(H,24,27)(H,25,26,28). The minimum absolute atomic E-state index is 0.578. The highest BCUT2D eigenvalue weighted by molar-refractivity contribution is 5.90. The van der Waals surface area contributed by atoms with Gasteiger partial charge in [-0.25, -0.2) is 15.0 Å². The number of fused-ring (bicyclic) bond motifs is 1. The van der Waals surface area contributed by atoms with Gasteiger partial charge in [0, 0.05) is 30.7 Å². The van der Waals surface area contributed by atoms with E-state index >= 15 is 0 Å². The molecule has 4 rings (SSSR count). The van der Waals surface area contributed by atoms with Crippen LogP contribution in [0.4, 0.5) is 17.5 Å². The predicted octanol–water partition coefficient (Wildman–Crippen LogP) is 4.71. The summed E-state index contributed by atoms with van der Waals surface area (Å²) in [7, 11) is 3.22. The summed E-state index contributed by atoms with van der Waals surface area (Å²) < 4.78 is 10.7. The minimum atomic E-state index is 0.578. The molecule has 0 radical (unpaired) electrons. The third kappa shape index (κ3) is 4.10. The maximum atomic E-state index is 5.37. The molecule has 0 spiro atoms. The van der Waals surface area contributed by atoms with Crippen LogP contribution < -0.4 is 20.1 Å². The van der Waals surface area contributed by atoms with Gasteiger partial charge in [0.05, 0.1) is 25.1 Å². The van der Waals surface area contributed by atoms with E-state index in [-0.39, 0.29) is 0 Å². The van der Waals surface area contributed by atoms with Gasteiger partial charge in [-0.2, -0.15) is 0 Å². The minimum Gasteiger partial charge on any atom is -0.493 e. The summed E-state index contributed by atoms with van der Waals surface area (Å²) >= 11 is 0. The number of hydrogen-bond acceptors (Lipinski definition) is 7. The van der Waals surface area contributed by atoms with E-state index in [2.05, 4.69) is 44.6 Å². The maximum absolute atomic E-state index is 5.37. The zero-order valence-electron chi connectivity index (χ0n) is 17.1. The number of aromatic nitrogens is 3. The van der Waals surface area contributed by atoms with Gasteiger partial charge >= 0.3 is 0 Å². The highest BCUT2D eigenvalue weighted by Gasteiger charge is 2.09. The summed E-state index contributed by atoms with van der Waals surface area (Å²) in [6.07, 6.45) is 3.50. The number of aryl methyl sites for hydroxylation is 1. The lowest BCUT2D eigenvalue weighted by Crippen LogP contribution is -2.05. The molecule has 2 aromatic carbocycles. The van der Waals surface area contributed by atoms with E-state index in [1.165, 1.54) is 11.1 Å². The van der Waals surface area contributed by atoms with Crippen LogP contribution in [-0.2, 0) is 6.54 Å². The molecule has 4 aromatic rings. The van der Waals surface area contributed by atoms with Gasteiger partial charge in [0.15, 0.2) is 11.5 Å². The first-order valence-corrected chi connectivity index (χ1v) is 9.57. The van der Waals surface area contributed by atoms with Gasteiger partial charge in [-0.05, 0) is 36.2 Å². The first-order chi connectivity index (χ1) is 14.7. The van der Waals surface area contributed by atoms with Gasteiger partial charge in [0.2, 0.25) is 5.95 Å². The van der Waals surface area contributed by atoms with Crippen molar-refractivity contribution in [3.05, 3.63) is 72.1 Å². The van der Waals surface area contributed by atoms with Crippen LogP contribution in [0.5, 0.6) is 11.5 Å². The summed E-state index contributed by atoms with van der Waals surface area (Å²) in [5, 5.41) is 7.44. The third-order valence-corrected chi connectivity index (χ3v) is 4.85. The van der Waals surface area contributed by atoms with Crippen LogP contribution in [-0.4, -0.2) is 29.2 Å². The first-order valence-electron chi connectivity index (χ1n) is 9.57. The van der Waals surface area contributed by atoms with Gasteiger partial charge in [-0.15, -0.1) is 0 Å². The normalized spacial score (nSPS) is 10.6. The lowest BCUT2D eigenvalue weighted by Gasteiger charge is -2.12. The summed E-state index contributed by atoms with van der Waals surface area (Å²) in [5.74, 6) is 2.56. The van der Waals surface area contributed by atoms with E-state index in [4.69, 9.17) is 9.47 Å². The smallest absolute Gasteiger partial charge is 0.223 e. The Balaban J connectivity index is 1.56. The molecule has 0 unspecified atom stereocenters. The second-order valence-corrected chi connectivity index (χ2v) is 6.76. The maximum Gasteiger partial charge on any atom is 0.223 e. The number of hydrogen-bond donors (Lipinski definition) is 2. The van der Waals surface area contributed by atoms with Gasteiger partial charge < -0.3 is 20.1 Å². The summed E-state index contributed by atoms with van der Waals surface area (Å²) in [4.78, 5) is 13.6. The molecule has 2 heterocycles. The van der Waals surface area contributed by atoms with Crippen LogP contribution in [0, 0.1) is 6.92 Å². The molecule has 7 heteroatoms. The summed E-state index contributed by atoms with van der Waals surface area (Å²) in [5.41, 5.74) is 4.08. The topological polar surface area (TPSA) is 81.2 Å². The van der Waals surface area contributed by atoms with Crippen molar-refractivity contribution in [2.24, 2.45) is 0 Å². The molecule has 152 valence electrons. The SMILES string of the molecule is COc1ccc(Nc2nccc3nc(NCc4ccccc4C)ncc23)cc1OC. The van der Waals surface area contributed by atoms with Gasteiger partial charge in [0.1, 0.15) is 5.82 Å². The van der Waals surface area contributed by atoms with Gasteiger partial charge in [0.25, 0.3) is 0 Å². The quantitative estimate of drug-likeness (QED) is 0.464. The van der Waals surface area contributed by atoms with Crippen molar-refractivity contribution in [1.82, 2.24) is 15.0 Å². The number of ether oxygens (including phenoxy) is 2. The Bertz CT molecular complexity index is 1180. The summed E-state index contributed by atoms with van der Waals surface area (Å²) in [6.45, 7) is 2.76. The average Bonchev–Trinajstić information content (AvgIpc) is 2.78.